The molecule has 1 aromatic rings. The van der Waals surface area contributed by atoms with Crippen molar-refractivity contribution in [2.75, 3.05) is 5.75 Å². The van der Waals surface area contributed by atoms with Gasteiger partial charge in [-0.2, -0.15) is 13.2 Å². The van der Waals surface area contributed by atoms with Crippen LogP contribution in [-0.4, -0.2) is 24.1 Å². The lowest BCUT2D eigenvalue weighted by Gasteiger charge is -2.07. The van der Waals surface area contributed by atoms with E-state index in [1.54, 1.807) is 0 Å². The summed E-state index contributed by atoms with van der Waals surface area (Å²) in [6, 6.07) is 0. The van der Waals surface area contributed by atoms with Gasteiger partial charge in [-0.1, -0.05) is 18.5 Å². The van der Waals surface area contributed by atoms with Crippen molar-refractivity contribution in [3.63, 3.8) is 0 Å². The van der Waals surface area contributed by atoms with Crippen LogP contribution < -0.4 is 0 Å². The van der Waals surface area contributed by atoms with E-state index >= 15 is 0 Å². The first-order chi connectivity index (χ1) is 7.18. The third kappa shape index (κ3) is 2.62. The summed E-state index contributed by atoms with van der Waals surface area (Å²) in [6.07, 6.45) is -4.19. The Kier molecular flexibility index (Phi) is 3.44. The first-order valence-electron chi connectivity index (χ1n) is 4.01. The molecule has 0 saturated carbocycles. The van der Waals surface area contributed by atoms with Crippen LogP contribution in [0.15, 0.2) is 11.1 Å². The molecule has 0 amide bonds. The second-order valence-electron chi connectivity index (χ2n) is 2.75. The van der Waals surface area contributed by atoms with Crippen molar-refractivity contribution in [2.24, 2.45) is 0 Å². The highest BCUT2D eigenvalue weighted by atomic mass is 35.5. The predicted octanol–water partition coefficient (Wildman–Crippen LogP) is 1.94. The molecule has 1 rings (SSSR count). The van der Waals surface area contributed by atoms with Gasteiger partial charge in [-0.25, -0.2) is 18.4 Å². The van der Waals surface area contributed by atoms with Crippen LogP contribution in [0.2, 0.25) is 5.15 Å². The lowest BCUT2D eigenvalue weighted by atomic mass is 10.5. The molecular weight excluding hydrogens is 269 g/mol. The van der Waals surface area contributed by atoms with Gasteiger partial charge in [0, 0.05) is 0 Å². The first kappa shape index (κ1) is 13.2. The van der Waals surface area contributed by atoms with E-state index < -0.39 is 31.9 Å². The molecule has 4 nitrogen and oxygen atoms in total. The van der Waals surface area contributed by atoms with Gasteiger partial charge in [0.25, 0.3) is 0 Å². The second kappa shape index (κ2) is 4.17. The minimum Gasteiger partial charge on any atom is -0.231 e. The number of hydrogen-bond donors (Lipinski definition) is 0. The Morgan fingerprint density at radius 3 is 2.38 bits per heavy atom. The van der Waals surface area contributed by atoms with Crippen LogP contribution in [0.3, 0.4) is 0 Å². The van der Waals surface area contributed by atoms with Crippen LogP contribution in [0.5, 0.6) is 0 Å². The zero-order valence-corrected chi connectivity index (χ0v) is 9.49. The van der Waals surface area contributed by atoms with Gasteiger partial charge in [0.2, 0.25) is 5.82 Å². The van der Waals surface area contributed by atoms with E-state index in [0.717, 1.165) is 0 Å². The lowest BCUT2D eigenvalue weighted by molar-refractivity contribution is -0.145. The average molecular weight is 275 g/mol. The fraction of sp³-hybridized carbons (Fsp3) is 0.429. The van der Waals surface area contributed by atoms with E-state index in [1.807, 2.05) is 0 Å². The second-order valence-corrected chi connectivity index (χ2v) is 5.35. The largest absolute Gasteiger partial charge is 0.451 e. The Hall–Kier alpha value is -0.890. The normalized spacial score (nSPS) is 12.8. The highest BCUT2D eigenvalue weighted by molar-refractivity contribution is 7.91. The molecule has 0 atom stereocenters. The summed E-state index contributed by atoms with van der Waals surface area (Å²) >= 11 is 5.37. The highest BCUT2D eigenvalue weighted by Gasteiger charge is 2.35. The SMILES string of the molecule is CCS(=O)(=O)c1cnc(C(F)(F)F)nc1Cl. The van der Waals surface area contributed by atoms with Crippen LogP contribution in [0.25, 0.3) is 0 Å². The fourth-order valence-corrected chi connectivity index (χ4v) is 2.16. The summed E-state index contributed by atoms with van der Waals surface area (Å²) in [5, 5.41) is -0.718. The summed E-state index contributed by atoms with van der Waals surface area (Å²) < 4.78 is 59.1. The number of hydrogen-bond acceptors (Lipinski definition) is 4. The molecule has 0 fully saturated rings. The van der Waals surface area contributed by atoms with Gasteiger partial charge in [-0.3, -0.25) is 0 Å². The zero-order valence-electron chi connectivity index (χ0n) is 7.92. The third-order valence-electron chi connectivity index (χ3n) is 1.68. The number of rotatable bonds is 2. The van der Waals surface area contributed by atoms with E-state index in [2.05, 4.69) is 9.97 Å². The summed E-state index contributed by atoms with van der Waals surface area (Å²) in [6.45, 7) is 1.34. The maximum Gasteiger partial charge on any atom is 0.451 e. The van der Waals surface area contributed by atoms with E-state index in [0.29, 0.717) is 6.20 Å². The van der Waals surface area contributed by atoms with Crippen LogP contribution >= 0.6 is 11.6 Å². The number of aromatic nitrogens is 2. The van der Waals surface area contributed by atoms with E-state index in [1.165, 1.54) is 6.92 Å². The van der Waals surface area contributed by atoms with Crippen molar-refractivity contribution in [1.82, 2.24) is 9.97 Å². The Morgan fingerprint density at radius 2 is 2.00 bits per heavy atom. The Balaban J connectivity index is 3.32. The van der Waals surface area contributed by atoms with Gasteiger partial charge in [0.1, 0.15) is 4.90 Å². The Bertz CT molecular complexity index is 501. The maximum atomic E-state index is 12.1. The third-order valence-corrected chi connectivity index (χ3v) is 3.81. The van der Waals surface area contributed by atoms with Crippen LogP contribution in [0.1, 0.15) is 12.7 Å². The number of alkyl halides is 3. The van der Waals surface area contributed by atoms with Crippen molar-refractivity contribution >= 4 is 21.4 Å². The van der Waals surface area contributed by atoms with Gasteiger partial charge in [0.15, 0.2) is 15.0 Å². The van der Waals surface area contributed by atoms with Crippen molar-refractivity contribution in [3.05, 3.63) is 17.2 Å². The molecule has 0 saturated heterocycles. The van der Waals surface area contributed by atoms with Crippen LogP contribution in [0.4, 0.5) is 13.2 Å². The topological polar surface area (TPSA) is 59.9 Å². The molecule has 0 unspecified atom stereocenters. The minimum absolute atomic E-state index is 0.290. The maximum absolute atomic E-state index is 12.1. The molecule has 16 heavy (non-hydrogen) atoms. The smallest absolute Gasteiger partial charge is 0.231 e. The highest BCUT2D eigenvalue weighted by Crippen LogP contribution is 2.28. The molecule has 0 spiro atoms. The average Bonchev–Trinajstić information content (AvgIpc) is 2.16. The van der Waals surface area contributed by atoms with E-state index in [9.17, 15) is 21.6 Å². The predicted molar refractivity (Wildman–Crippen MR) is 49.8 cm³/mol. The molecule has 1 heterocycles. The Morgan fingerprint density at radius 1 is 1.44 bits per heavy atom. The van der Waals surface area contributed by atoms with E-state index in [-0.39, 0.29) is 5.75 Å². The molecule has 90 valence electrons. The minimum atomic E-state index is -4.75. The standard InChI is InChI=1S/C7H6ClF3N2O2S/c1-2-16(14,15)4-3-12-6(7(9,10)11)13-5(4)8/h3H,2H2,1H3. The van der Waals surface area contributed by atoms with Gasteiger partial charge in [-0.05, 0) is 0 Å². The van der Waals surface area contributed by atoms with Gasteiger partial charge >= 0.3 is 6.18 Å². The molecule has 0 bridgehead atoms. The monoisotopic (exact) mass is 274 g/mol. The first-order valence-corrected chi connectivity index (χ1v) is 6.04. The molecule has 1 aromatic heterocycles. The van der Waals surface area contributed by atoms with Crippen molar-refractivity contribution < 1.29 is 21.6 Å². The van der Waals surface area contributed by atoms with Crippen molar-refractivity contribution in [1.29, 1.82) is 0 Å². The van der Waals surface area contributed by atoms with Gasteiger partial charge in [0.05, 0.1) is 11.9 Å². The van der Waals surface area contributed by atoms with E-state index in [4.69, 9.17) is 11.6 Å². The quantitative estimate of drug-likeness (QED) is 0.773. The zero-order chi connectivity index (χ0) is 12.6. The fourth-order valence-electron chi connectivity index (χ4n) is 0.851. The molecule has 0 aliphatic carbocycles. The van der Waals surface area contributed by atoms with Gasteiger partial charge in [-0.15, -0.1) is 0 Å². The van der Waals surface area contributed by atoms with Gasteiger partial charge < -0.3 is 0 Å². The van der Waals surface area contributed by atoms with Crippen molar-refractivity contribution in [2.45, 2.75) is 18.0 Å². The molecule has 9 heteroatoms. The summed E-state index contributed by atoms with van der Waals surface area (Å²) in [7, 11) is -3.72. The molecular formula is C7H6ClF3N2O2S. The number of nitrogens with zero attached hydrogens (tertiary/aromatic N) is 2. The lowest BCUT2D eigenvalue weighted by Crippen LogP contribution is -2.14. The van der Waals surface area contributed by atoms with Crippen LogP contribution in [-0.2, 0) is 16.0 Å². The molecule has 0 N–H and O–H groups in total. The summed E-state index contributed by atoms with van der Waals surface area (Å²) in [5.41, 5.74) is 0. The number of sulfone groups is 1. The number of halogens is 4. The van der Waals surface area contributed by atoms with Crippen molar-refractivity contribution in [3.8, 4) is 0 Å². The Labute approximate surface area is 94.4 Å². The summed E-state index contributed by atoms with van der Waals surface area (Å²) in [5.74, 6) is -1.76. The molecule has 0 aromatic carbocycles. The molecule has 0 aliphatic heterocycles. The summed E-state index contributed by atoms with van der Waals surface area (Å²) in [4.78, 5) is 5.34. The molecule has 0 aliphatic rings. The van der Waals surface area contributed by atoms with Crippen LogP contribution in [0, 0.1) is 0 Å². The molecule has 0 radical (unpaired) electrons.